The molecule has 1 saturated heterocycles. The zero-order valence-electron chi connectivity index (χ0n) is 8.90. The summed E-state index contributed by atoms with van der Waals surface area (Å²) in [6.07, 6.45) is 1.43. The third-order valence-electron chi connectivity index (χ3n) is 3.03. The second kappa shape index (κ2) is 4.61. The van der Waals surface area contributed by atoms with E-state index >= 15 is 0 Å². The molecule has 16 heavy (non-hydrogen) atoms. The number of carbonyl (C=O) groups excluding carboxylic acids is 1. The molecule has 0 saturated carbocycles. The average Bonchev–Trinajstić information content (AvgIpc) is 2.77. The smallest absolute Gasteiger partial charge is 0.155 e. The zero-order chi connectivity index (χ0) is 11.5. The SMILES string of the molecule is O=Cc1c(F)cccc1N1CCC(CO)C1. The van der Waals surface area contributed by atoms with E-state index in [1.807, 2.05) is 4.90 Å². The molecule has 0 radical (unpaired) electrons. The maximum atomic E-state index is 13.4. The van der Waals surface area contributed by atoms with Crippen molar-refractivity contribution in [2.45, 2.75) is 6.42 Å². The van der Waals surface area contributed by atoms with E-state index < -0.39 is 5.82 Å². The highest BCUT2D eigenvalue weighted by Crippen LogP contribution is 2.27. The molecule has 1 unspecified atom stereocenters. The molecule has 1 aliphatic rings. The van der Waals surface area contributed by atoms with Crippen LogP contribution in [0.5, 0.6) is 0 Å². The molecular formula is C12H14FNO2. The number of aldehydes is 1. The molecule has 1 N–H and O–H groups in total. The van der Waals surface area contributed by atoms with Crippen LogP contribution in [-0.4, -0.2) is 31.1 Å². The fourth-order valence-electron chi connectivity index (χ4n) is 2.12. The number of hydrogen-bond donors (Lipinski definition) is 1. The van der Waals surface area contributed by atoms with E-state index in [1.54, 1.807) is 12.1 Å². The van der Waals surface area contributed by atoms with Crippen LogP contribution in [0.4, 0.5) is 10.1 Å². The molecule has 0 bridgehead atoms. The number of aliphatic hydroxyl groups excluding tert-OH is 1. The number of rotatable bonds is 3. The first-order valence-electron chi connectivity index (χ1n) is 5.35. The Balaban J connectivity index is 2.27. The van der Waals surface area contributed by atoms with Gasteiger partial charge in [0.25, 0.3) is 0 Å². The Kier molecular flexibility index (Phi) is 3.19. The predicted molar refractivity (Wildman–Crippen MR) is 59.2 cm³/mol. The summed E-state index contributed by atoms with van der Waals surface area (Å²) in [5.41, 5.74) is 0.743. The van der Waals surface area contributed by atoms with E-state index in [-0.39, 0.29) is 18.1 Å². The van der Waals surface area contributed by atoms with Crippen LogP contribution in [0.1, 0.15) is 16.8 Å². The molecule has 3 nitrogen and oxygen atoms in total. The lowest BCUT2D eigenvalue weighted by Crippen LogP contribution is -2.22. The molecule has 0 spiro atoms. The van der Waals surface area contributed by atoms with Gasteiger partial charge >= 0.3 is 0 Å². The van der Waals surface area contributed by atoms with E-state index in [0.717, 1.165) is 13.0 Å². The molecule has 0 amide bonds. The molecule has 0 aromatic heterocycles. The summed E-state index contributed by atoms with van der Waals surface area (Å²) < 4.78 is 13.4. The van der Waals surface area contributed by atoms with Crippen molar-refractivity contribution in [1.82, 2.24) is 0 Å². The molecule has 1 aromatic rings. The van der Waals surface area contributed by atoms with Crippen molar-refractivity contribution in [3.8, 4) is 0 Å². The lowest BCUT2D eigenvalue weighted by atomic mass is 10.1. The molecule has 0 aliphatic carbocycles. The van der Waals surface area contributed by atoms with Crippen molar-refractivity contribution in [3.05, 3.63) is 29.6 Å². The Labute approximate surface area is 93.5 Å². The quantitative estimate of drug-likeness (QED) is 0.789. The van der Waals surface area contributed by atoms with Crippen molar-refractivity contribution in [2.75, 3.05) is 24.6 Å². The number of nitrogens with zero attached hydrogens (tertiary/aromatic N) is 1. The molecule has 1 heterocycles. The highest BCUT2D eigenvalue weighted by molar-refractivity contribution is 5.85. The number of halogens is 1. The molecule has 1 fully saturated rings. The van der Waals surface area contributed by atoms with Crippen LogP contribution in [0.2, 0.25) is 0 Å². The van der Waals surface area contributed by atoms with Crippen LogP contribution >= 0.6 is 0 Å². The normalized spacial score (nSPS) is 20.1. The molecule has 1 aromatic carbocycles. The number of aliphatic hydroxyl groups is 1. The van der Waals surface area contributed by atoms with Crippen molar-refractivity contribution in [1.29, 1.82) is 0 Å². The van der Waals surface area contributed by atoms with Crippen LogP contribution in [-0.2, 0) is 0 Å². The van der Waals surface area contributed by atoms with Gasteiger partial charge in [0.05, 0.1) is 11.3 Å². The van der Waals surface area contributed by atoms with E-state index in [0.29, 0.717) is 18.5 Å². The summed E-state index contributed by atoms with van der Waals surface area (Å²) in [7, 11) is 0. The first-order chi connectivity index (χ1) is 7.76. The Morgan fingerprint density at radius 2 is 2.38 bits per heavy atom. The van der Waals surface area contributed by atoms with Crippen molar-refractivity contribution < 1.29 is 14.3 Å². The largest absolute Gasteiger partial charge is 0.396 e. The van der Waals surface area contributed by atoms with Gasteiger partial charge in [0, 0.05) is 25.6 Å². The maximum absolute atomic E-state index is 13.4. The molecule has 1 atom stereocenters. The number of benzene rings is 1. The van der Waals surface area contributed by atoms with Gasteiger partial charge in [-0.25, -0.2) is 4.39 Å². The summed E-state index contributed by atoms with van der Waals surface area (Å²) in [4.78, 5) is 12.8. The summed E-state index contributed by atoms with van der Waals surface area (Å²) in [5.74, 6) is -0.261. The molecule has 2 rings (SSSR count). The van der Waals surface area contributed by atoms with Gasteiger partial charge in [0.15, 0.2) is 6.29 Å². The molecule has 4 heteroatoms. The van der Waals surface area contributed by atoms with Crippen LogP contribution in [0.3, 0.4) is 0 Å². The minimum absolute atomic E-state index is 0.112. The van der Waals surface area contributed by atoms with Crippen LogP contribution < -0.4 is 4.90 Å². The Hall–Kier alpha value is -1.42. The highest BCUT2D eigenvalue weighted by Gasteiger charge is 2.24. The standard InChI is InChI=1S/C12H14FNO2/c13-11-2-1-3-12(10(11)8-16)14-5-4-9(6-14)7-15/h1-3,8-9,15H,4-7H2. The third-order valence-corrected chi connectivity index (χ3v) is 3.03. The van der Waals surface area contributed by atoms with Crippen molar-refractivity contribution >= 4 is 12.0 Å². The Bertz CT molecular complexity index is 395. The third kappa shape index (κ3) is 1.93. The maximum Gasteiger partial charge on any atom is 0.155 e. The van der Waals surface area contributed by atoms with Crippen molar-refractivity contribution in [2.24, 2.45) is 5.92 Å². The number of hydrogen-bond acceptors (Lipinski definition) is 3. The van der Waals surface area contributed by atoms with Gasteiger partial charge in [-0.3, -0.25) is 4.79 Å². The summed E-state index contributed by atoms with van der Waals surface area (Å²) in [6.45, 7) is 1.58. The lowest BCUT2D eigenvalue weighted by molar-refractivity contribution is 0.112. The van der Waals surface area contributed by atoms with E-state index in [9.17, 15) is 9.18 Å². The van der Waals surface area contributed by atoms with Crippen molar-refractivity contribution in [3.63, 3.8) is 0 Å². The summed E-state index contributed by atoms with van der Waals surface area (Å²) in [5, 5.41) is 9.04. The van der Waals surface area contributed by atoms with Crippen LogP contribution in [0, 0.1) is 11.7 Å². The lowest BCUT2D eigenvalue weighted by Gasteiger charge is -2.20. The van der Waals surface area contributed by atoms with Gasteiger partial charge in [-0.2, -0.15) is 0 Å². The van der Waals surface area contributed by atoms with Gasteiger partial charge in [-0.05, 0) is 18.6 Å². The van der Waals surface area contributed by atoms with Crippen LogP contribution in [0.25, 0.3) is 0 Å². The summed E-state index contributed by atoms with van der Waals surface area (Å²) in [6, 6.07) is 4.63. The van der Waals surface area contributed by atoms with Gasteiger partial charge in [-0.1, -0.05) is 6.07 Å². The van der Waals surface area contributed by atoms with Crippen LogP contribution in [0.15, 0.2) is 18.2 Å². The summed E-state index contributed by atoms with van der Waals surface area (Å²) >= 11 is 0. The Morgan fingerprint density at radius 3 is 3.00 bits per heavy atom. The number of anilines is 1. The van der Waals surface area contributed by atoms with E-state index in [4.69, 9.17) is 5.11 Å². The second-order valence-electron chi connectivity index (χ2n) is 4.07. The van der Waals surface area contributed by atoms with E-state index in [1.165, 1.54) is 6.07 Å². The highest BCUT2D eigenvalue weighted by atomic mass is 19.1. The first kappa shape index (κ1) is 11.1. The minimum atomic E-state index is -0.486. The van der Waals surface area contributed by atoms with Gasteiger partial charge < -0.3 is 10.0 Å². The van der Waals surface area contributed by atoms with Gasteiger partial charge in [0.2, 0.25) is 0 Å². The minimum Gasteiger partial charge on any atom is -0.396 e. The molecule has 86 valence electrons. The first-order valence-corrected chi connectivity index (χ1v) is 5.35. The zero-order valence-corrected chi connectivity index (χ0v) is 8.90. The second-order valence-corrected chi connectivity index (χ2v) is 4.07. The fraction of sp³-hybridized carbons (Fsp3) is 0.417. The predicted octanol–water partition coefficient (Wildman–Crippen LogP) is 1.46. The van der Waals surface area contributed by atoms with Gasteiger partial charge in [0.1, 0.15) is 5.82 Å². The molecule has 1 aliphatic heterocycles. The average molecular weight is 223 g/mol. The molecular weight excluding hydrogens is 209 g/mol. The fourth-order valence-corrected chi connectivity index (χ4v) is 2.12. The topological polar surface area (TPSA) is 40.5 Å². The van der Waals surface area contributed by atoms with Gasteiger partial charge in [-0.15, -0.1) is 0 Å². The monoisotopic (exact) mass is 223 g/mol. The number of carbonyl (C=O) groups is 1. The van der Waals surface area contributed by atoms with E-state index in [2.05, 4.69) is 0 Å². The Morgan fingerprint density at radius 1 is 1.56 bits per heavy atom.